The first-order valence-corrected chi connectivity index (χ1v) is 6.88. The van der Waals surface area contributed by atoms with Crippen LogP contribution in [0.25, 0.3) is 0 Å². The molecule has 1 rings (SSSR count). The van der Waals surface area contributed by atoms with E-state index in [2.05, 4.69) is 5.32 Å². The van der Waals surface area contributed by atoms with Gasteiger partial charge in [0.05, 0.1) is 12.5 Å². The molecule has 0 aromatic heterocycles. The summed E-state index contributed by atoms with van der Waals surface area (Å²) in [4.78, 5) is 24.3. The van der Waals surface area contributed by atoms with Crippen molar-refractivity contribution in [3.8, 4) is 0 Å². The fraction of sp³-hybridized carbons (Fsp3) is 0.846. The maximum Gasteiger partial charge on any atom is 0.317 e. The number of hydrogen-bond acceptors (Lipinski definition) is 3. The molecule has 0 bridgehead atoms. The first-order valence-electron chi connectivity index (χ1n) is 6.88. The Morgan fingerprint density at radius 1 is 1.53 bits per heavy atom. The third-order valence-corrected chi connectivity index (χ3v) is 3.23. The van der Waals surface area contributed by atoms with E-state index in [0.717, 1.165) is 25.9 Å². The molecule has 1 heterocycles. The van der Waals surface area contributed by atoms with E-state index in [1.165, 1.54) is 0 Å². The molecule has 0 aliphatic carbocycles. The van der Waals surface area contributed by atoms with Crippen LogP contribution in [0.5, 0.6) is 0 Å². The van der Waals surface area contributed by atoms with Crippen LogP contribution in [0.3, 0.4) is 0 Å². The Hall–Kier alpha value is -1.30. The summed E-state index contributed by atoms with van der Waals surface area (Å²) in [5, 5.41) is 11.6. The van der Waals surface area contributed by atoms with Crippen molar-refractivity contribution in [3.05, 3.63) is 0 Å². The number of likely N-dealkylation sites (N-methyl/N-ethyl adjacent to an activating group) is 1. The average Bonchev–Trinajstić information content (AvgIpc) is 2.81. The summed E-state index contributed by atoms with van der Waals surface area (Å²) in [6.07, 6.45) is 3.61. The van der Waals surface area contributed by atoms with Gasteiger partial charge in [-0.3, -0.25) is 4.79 Å². The van der Waals surface area contributed by atoms with Crippen molar-refractivity contribution in [1.82, 2.24) is 10.2 Å². The number of ether oxygens (including phenoxy) is 1. The number of nitrogens with zero attached hydrogens (tertiary/aromatic N) is 1. The highest BCUT2D eigenvalue weighted by atomic mass is 16.5. The maximum absolute atomic E-state index is 12.0. The van der Waals surface area contributed by atoms with Crippen molar-refractivity contribution in [3.63, 3.8) is 0 Å². The highest BCUT2D eigenvalue weighted by Gasteiger charge is 2.22. The Morgan fingerprint density at radius 2 is 2.26 bits per heavy atom. The number of carbonyl (C=O) groups is 2. The molecule has 1 aliphatic rings. The first-order chi connectivity index (χ1) is 9.02. The molecular weight excluding hydrogens is 248 g/mol. The Balaban J connectivity index is 2.38. The monoisotopic (exact) mass is 272 g/mol. The van der Waals surface area contributed by atoms with Crippen LogP contribution in [-0.2, 0) is 9.53 Å². The molecule has 0 saturated carbocycles. The normalized spacial score (nSPS) is 20.0. The third-order valence-electron chi connectivity index (χ3n) is 3.23. The Kier molecular flexibility index (Phi) is 6.62. The van der Waals surface area contributed by atoms with Gasteiger partial charge in [0.2, 0.25) is 0 Å². The van der Waals surface area contributed by atoms with E-state index < -0.39 is 5.97 Å². The molecule has 2 N–H and O–H groups in total. The molecule has 6 heteroatoms. The molecule has 2 atom stereocenters. The van der Waals surface area contributed by atoms with Gasteiger partial charge < -0.3 is 20.1 Å². The minimum Gasteiger partial charge on any atom is -0.481 e. The van der Waals surface area contributed by atoms with Gasteiger partial charge in [-0.25, -0.2) is 4.79 Å². The van der Waals surface area contributed by atoms with Crippen LogP contribution >= 0.6 is 0 Å². The van der Waals surface area contributed by atoms with Gasteiger partial charge in [0, 0.05) is 26.2 Å². The van der Waals surface area contributed by atoms with Crippen LogP contribution < -0.4 is 5.32 Å². The zero-order valence-electron chi connectivity index (χ0n) is 11.7. The van der Waals surface area contributed by atoms with E-state index >= 15 is 0 Å². The molecule has 6 nitrogen and oxygen atoms in total. The molecule has 1 fully saturated rings. The van der Waals surface area contributed by atoms with Gasteiger partial charge in [-0.2, -0.15) is 0 Å². The van der Waals surface area contributed by atoms with Crippen molar-refractivity contribution < 1.29 is 19.4 Å². The van der Waals surface area contributed by atoms with Crippen LogP contribution in [-0.4, -0.2) is 54.4 Å². The highest BCUT2D eigenvalue weighted by Crippen LogP contribution is 2.13. The minimum atomic E-state index is -0.888. The summed E-state index contributed by atoms with van der Waals surface area (Å²) in [5.74, 6) is -0.888. The average molecular weight is 272 g/mol. The number of amides is 2. The standard InChI is InChI=1S/C13H24N2O4/c1-3-5-10(8-12(16)17)14-13(18)15(2)9-11-6-4-7-19-11/h10-11H,3-9H2,1-2H3,(H,14,18)(H,16,17). The second-order valence-electron chi connectivity index (χ2n) is 5.05. The lowest BCUT2D eigenvalue weighted by molar-refractivity contribution is -0.137. The van der Waals surface area contributed by atoms with E-state index in [0.29, 0.717) is 13.0 Å². The predicted molar refractivity (Wildman–Crippen MR) is 71.1 cm³/mol. The molecule has 0 aromatic rings. The SMILES string of the molecule is CCCC(CC(=O)O)NC(=O)N(C)CC1CCCO1. The number of rotatable bonds is 7. The van der Waals surface area contributed by atoms with Crippen LogP contribution in [0.15, 0.2) is 0 Å². The Bertz CT molecular complexity index is 303. The number of urea groups is 1. The van der Waals surface area contributed by atoms with Gasteiger partial charge in [-0.1, -0.05) is 13.3 Å². The molecule has 1 aliphatic heterocycles. The van der Waals surface area contributed by atoms with Gasteiger partial charge in [0.1, 0.15) is 0 Å². The van der Waals surface area contributed by atoms with E-state index in [9.17, 15) is 9.59 Å². The van der Waals surface area contributed by atoms with E-state index in [1.54, 1.807) is 11.9 Å². The summed E-state index contributed by atoms with van der Waals surface area (Å²) >= 11 is 0. The van der Waals surface area contributed by atoms with E-state index in [4.69, 9.17) is 9.84 Å². The van der Waals surface area contributed by atoms with Crippen LogP contribution in [0, 0.1) is 0 Å². The number of carbonyl (C=O) groups excluding carboxylic acids is 1. The van der Waals surface area contributed by atoms with Crippen molar-refractivity contribution in [2.24, 2.45) is 0 Å². The Morgan fingerprint density at radius 3 is 2.79 bits per heavy atom. The summed E-state index contributed by atoms with van der Waals surface area (Å²) in [6.45, 7) is 3.28. The molecule has 2 unspecified atom stereocenters. The molecule has 0 spiro atoms. The molecule has 0 aromatic carbocycles. The number of carboxylic acid groups (broad SMARTS) is 1. The number of aliphatic carboxylic acids is 1. The number of nitrogens with one attached hydrogen (secondary N) is 1. The van der Waals surface area contributed by atoms with Crippen molar-refractivity contribution in [1.29, 1.82) is 0 Å². The summed E-state index contributed by atoms with van der Waals surface area (Å²) in [7, 11) is 1.71. The third kappa shape index (κ3) is 5.92. The van der Waals surface area contributed by atoms with Gasteiger partial charge in [0.15, 0.2) is 0 Å². The second-order valence-corrected chi connectivity index (χ2v) is 5.05. The van der Waals surface area contributed by atoms with Crippen molar-refractivity contribution in [2.75, 3.05) is 20.2 Å². The zero-order valence-corrected chi connectivity index (χ0v) is 11.7. The predicted octanol–water partition coefficient (Wildman–Crippen LogP) is 1.45. The zero-order chi connectivity index (χ0) is 14.3. The van der Waals surface area contributed by atoms with Crippen LogP contribution in [0.4, 0.5) is 4.79 Å². The fourth-order valence-corrected chi connectivity index (χ4v) is 2.25. The summed E-state index contributed by atoms with van der Waals surface area (Å²) in [5.41, 5.74) is 0. The quantitative estimate of drug-likeness (QED) is 0.735. The lowest BCUT2D eigenvalue weighted by Gasteiger charge is -2.24. The van der Waals surface area contributed by atoms with Gasteiger partial charge in [-0.15, -0.1) is 0 Å². The topological polar surface area (TPSA) is 78.9 Å². The lowest BCUT2D eigenvalue weighted by atomic mass is 10.1. The smallest absolute Gasteiger partial charge is 0.317 e. The summed E-state index contributed by atoms with van der Waals surface area (Å²) < 4.78 is 5.48. The molecule has 19 heavy (non-hydrogen) atoms. The molecule has 0 radical (unpaired) electrons. The van der Waals surface area contributed by atoms with Crippen molar-refractivity contribution in [2.45, 2.75) is 51.2 Å². The summed E-state index contributed by atoms with van der Waals surface area (Å²) in [6, 6.07) is -0.530. The van der Waals surface area contributed by atoms with E-state index in [-0.39, 0.29) is 24.6 Å². The second kappa shape index (κ2) is 7.99. The minimum absolute atomic E-state index is 0.0344. The van der Waals surface area contributed by atoms with Crippen molar-refractivity contribution >= 4 is 12.0 Å². The largest absolute Gasteiger partial charge is 0.481 e. The van der Waals surface area contributed by atoms with Gasteiger partial charge in [0.25, 0.3) is 0 Å². The number of hydrogen-bond donors (Lipinski definition) is 2. The van der Waals surface area contributed by atoms with Gasteiger partial charge in [-0.05, 0) is 19.3 Å². The number of carboxylic acids is 1. The fourth-order valence-electron chi connectivity index (χ4n) is 2.25. The molecule has 1 saturated heterocycles. The van der Waals surface area contributed by atoms with E-state index in [1.807, 2.05) is 6.92 Å². The molecule has 110 valence electrons. The van der Waals surface area contributed by atoms with Gasteiger partial charge >= 0.3 is 12.0 Å². The molecular formula is C13H24N2O4. The maximum atomic E-state index is 12.0. The Labute approximate surface area is 114 Å². The highest BCUT2D eigenvalue weighted by molar-refractivity contribution is 5.75. The lowest BCUT2D eigenvalue weighted by Crippen LogP contribution is -2.46. The van der Waals surface area contributed by atoms with Crippen LogP contribution in [0.2, 0.25) is 0 Å². The van der Waals surface area contributed by atoms with Crippen LogP contribution in [0.1, 0.15) is 39.0 Å². The molecule has 2 amide bonds. The first kappa shape index (κ1) is 15.8.